The van der Waals surface area contributed by atoms with Crippen LogP contribution in [-0.4, -0.2) is 41.1 Å². The summed E-state index contributed by atoms with van der Waals surface area (Å²) in [6.07, 6.45) is 1.18. The first-order valence-electron chi connectivity index (χ1n) is 6.94. The minimum atomic E-state index is 0.597. The van der Waals surface area contributed by atoms with Gasteiger partial charge in [0.2, 0.25) is 0 Å². The van der Waals surface area contributed by atoms with E-state index < -0.39 is 0 Å². The summed E-state index contributed by atoms with van der Waals surface area (Å²) < 4.78 is 0. The molecule has 2 heterocycles. The lowest BCUT2D eigenvalue weighted by molar-refractivity contribution is 0.205. The number of rotatable bonds is 2. The molecule has 2 nitrogen and oxygen atoms in total. The molecule has 1 aromatic carbocycles. The Balaban J connectivity index is 1.62. The number of hydrogen-bond acceptors (Lipinski definition) is 3. The summed E-state index contributed by atoms with van der Waals surface area (Å²) >= 11 is 2.11. The quantitative estimate of drug-likeness (QED) is 0.882. The molecule has 3 unspecified atom stereocenters. The minimum Gasteiger partial charge on any atom is -0.380 e. The number of benzene rings is 1. The van der Waals surface area contributed by atoms with Gasteiger partial charge in [-0.05, 0) is 25.0 Å². The first kappa shape index (κ1) is 12.4. The highest BCUT2D eigenvalue weighted by Gasteiger charge is 2.29. The van der Waals surface area contributed by atoms with E-state index in [1.54, 1.807) is 0 Å². The van der Waals surface area contributed by atoms with E-state index in [0.717, 1.165) is 5.25 Å². The number of anilines is 1. The number of thioether (sulfide) groups is 1. The lowest BCUT2D eigenvalue weighted by Gasteiger charge is -2.38. The van der Waals surface area contributed by atoms with Gasteiger partial charge in [-0.25, -0.2) is 0 Å². The molecule has 0 spiro atoms. The summed E-state index contributed by atoms with van der Waals surface area (Å²) in [6, 6.07) is 10.0. The molecule has 0 radical (unpaired) electrons. The molecule has 98 valence electrons. The zero-order chi connectivity index (χ0) is 12.5. The van der Waals surface area contributed by atoms with Crippen molar-refractivity contribution in [3.05, 3.63) is 29.8 Å². The molecule has 0 aliphatic carbocycles. The molecule has 3 heteroatoms. The van der Waals surface area contributed by atoms with E-state index in [0.29, 0.717) is 12.1 Å². The third-order valence-corrected chi connectivity index (χ3v) is 5.65. The van der Waals surface area contributed by atoms with Gasteiger partial charge >= 0.3 is 0 Å². The second-order valence-corrected chi connectivity index (χ2v) is 7.00. The van der Waals surface area contributed by atoms with Gasteiger partial charge in [0.05, 0.1) is 0 Å². The molecule has 0 saturated carbocycles. The molecule has 0 aromatic heterocycles. The van der Waals surface area contributed by atoms with E-state index in [2.05, 4.69) is 60.1 Å². The zero-order valence-corrected chi connectivity index (χ0v) is 12.0. The van der Waals surface area contributed by atoms with Crippen molar-refractivity contribution in [1.29, 1.82) is 0 Å². The molecule has 2 aliphatic heterocycles. The van der Waals surface area contributed by atoms with E-state index in [9.17, 15) is 0 Å². The van der Waals surface area contributed by atoms with Crippen LogP contribution in [0.25, 0.3) is 0 Å². The number of para-hydroxylation sites is 1. The number of nitrogens with one attached hydrogen (secondary N) is 1. The summed E-state index contributed by atoms with van der Waals surface area (Å²) in [5.74, 6) is 1.28. The van der Waals surface area contributed by atoms with E-state index >= 15 is 0 Å². The molecule has 18 heavy (non-hydrogen) atoms. The Morgan fingerprint density at radius 1 is 1.33 bits per heavy atom. The van der Waals surface area contributed by atoms with Gasteiger partial charge in [-0.15, -0.1) is 0 Å². The number of fused-ring (bicyclic) bond motifs is 1. The topological polar surface area (TPSA) is 15.3 Å². The highest BCUT2D eigenvalue weighted by atomic mass is 32.2. The molecule has 1 N–H and O–H groups in total. The highest BCUT2D eigenvalue weighted by molar-refractivity contribution is 8.00. The van der Waals surface area contributed by atoms with Crippen LogP contribution in [0.4, 0.5) is 5.69 Å². The fraction of sp³-hybridized carbons (Fsp3) is 0.600. The SMILES string of the molecule is CC1SCCN(CC2Cc3ccccc3N2)C1C. The molecule has 0 bridgehead atoms. The third-order valence-electron chi connectivity index (χ3n) is 4.31. The van der Waals surface area contributed by atoms with Crippen LogP contribution in [-0.2, 0) is 6.42 Å². The predicted octanol–water partition coefficient (Wildman–Crippen LogP) is 2.85. The summed E-state index contributed by atoms with van der Waals surface area (Å²) in [5, 5.41) is 4.43. The summed E-state index contributed by atoms with van der Waals surface area (Å²) in [6.45, 7) is 7.16. The molecular formula is C15H22N2S. The van der Waals surface area contributed by atoms with E-state index in [1.165, 1.54) is 36.5 Å². The maximum Gasteiger partial charge on any atom is 0.0429 e. The Labute approximate surface area is 114 Å². The van der Waals surface area contributed by atoms with Crippen molar-refractivity contribution < 1.29 is 0 Å². The maximum absolute atomic E-state index is 3.67. The monoisotopic (exact) mass is 262 g/mol. The van der Waals surface area contributed by atoms with Crippen LogP contribution >= 0.6 is 11.8 Å². The van der Waals surface area contributed by atoms with Crippen molar-refractivity contribution in [2.75, 3.05) is 24.2 Å². The standard InChI is InChI=1S/C15H22N2S/c1-11-12(2)18-8-7-17(11)10-14-9-13-5-3-4-6-15(13)16-14/h3-6,11-12,14,16H,7-10H2,1-2H3. The largest absolute Gasteiger partial charge is 0.380 e. The van der Waals surface area contributed by atoms with E-state index in [4.69, 9.17) is 0 Å². The van der Waals surface area contributed by atoms with Crippen molar-refractivity contribution in [3.8, 4) is 0 Å². The normalized spacial score (nSPS) is 32.0. The first-order chi connectivity index (χ1) is 8.74. The van der Waals surface area contributed by atoms with Crippen LogP contribution in [0.15, 0.2) is 24.3 Å². The number of nitrogens with zero attached hydrogens (tertiary/aromatic N) is 1. The molecule has 2 aliphatic rings. The van der Waals surface area contributed by atoms with Gasteiger partial charge in [0.1, 0.15) is 0 Å². The van der Waals surface area contributed by atoms with Crippen LogP contribution in [0.5, 0.6) is 0 Å². The van der Waals surface area contributed by atoms with Gasteiger partial charge in [0.15, 0.2) is 0 Å². The van der Waals surface area contributed by atoms with Crippen molar-refractivity contribution in [2.24, 2.45) is 0 Å². The van der Waals surface area contributed by atoms with Gasteiger partial charge in [0.25, 0.3) is 0 Å². The second kappa shape index (κ2) is 5.14. The Morgan fingerprint density at radius 3 is 3.00 bits per heavy atom. The smallest absolute Gasteiger partial charge is 0.0429 e. The lowest BCUT2D eigenvalue weighted by Crippen LogP contribution is -2.48. The van der Waals surface area contributed by atoms with Crippen LogP contribution in [0.2, 0.25) is 0 Å². The van der Waals surface area contributed by atoms with Gasteiger partial charge in [-0.2, -0.15) is 11.8 Å². The molecule has 1 aromatic rings. The van der Waals surface area contributed by atoms with Gasteiger partial charge in [-0.3, -0.25) is 4.90 Å². The first-order valence-corrected chi connectivity index (χ1v) is 7.99. The van der Waals surface area contributed by atoms with E-state index in [-0.39, 0.29) is 0 Å². The van der Waals surface area contributed by atoms with Gasteiger partial charge in [-0.1, -0.05) is 25.1 Å². The summed E-state index contributed by atoms with van der Waals surface area (Å²) in [5.41, 5.74) is 2.82. The van der Waals surface area contributed by atoms with Crippen molar-refractivity contribution in [1.82, 2.24) is 4.90 Å². The Morgan fingerprint density at radius 2 is 2.17 bits per heavy atom. The fourth-order valence-electron chi connectivity index (χ4n) is 3.02. The van der Waals surface area contributed by atoms with Crippen molar-refractivity contribution >= 4 is 17.4 Å². The molecule has 1 saturated heterocycles. The maximum atomic E-state index is 3.67. The molecule has 0 amide bonds. The molecule has 1 fully saturated rings. The van der Waals surface area contributed by atoms with Crippen LogP contribution in [0, 0.1) is 0 Å². The van der Waals surface area contributed by atoms with Gasteiger partial charge < -0.3 is 5.32 Å². The van der Waals surface area contributed by atoms with Gasteiger partial charge in [0, 0.05) is 41.9 Å². The Kier molecular flexibility index (Phi) is 3.53. The van der Waals surface area contributed by atoms with E-state index in [1.807, 2.05) is 0 Å². The molecule has 3 rings (SSSR count). The van der Waals surface area contributed by atoms with Crippen LogP contribution < -0.4 is 5.32 Å². The third kappa shape index (κ3) is 2.39. The van der Waals surface area contributed by atoms with Crippen molar-refractivity contribution in [2.45, 2.75) is 37.6 Å². The predicted molar refractivity (Wildman–Crippen MR) is 80.5 cm³/mol. The number of hydrogen-bond donors (Lipinski definition) is 1. The van der Waals surface area contributed by atoms with Crippen LogP contribution in [0.3, 0.4) is 0 Å². The average Bonchev–Trinajstić information content (AvgIpc) is 2.77. The summed E-state index contributed by atoms with van der Waals surface area (Å²) in [4.78, 5) is 2.66. The Bertz CT molecular complexity index is 396. The second-order valence-electron chi connectivity index (χ2n) is 5.51. The zero-order valence-electron chi connectivity index (χ0n) is 11.2. The highest BCUT2D eigenvalue weighted by Crippen LogP contribution is 2.28. The average molecular weight is 262 g/mol. The Hall–Kier alpha value is -0.670. The molecule has 3 atom stereocenters. The minimum absolute atomic E-state index is 0.597. The molecular weight excluding hydrogens is 240 g/mol. The fourth-order valence-corrected chi connectivity index (χ4v) is 4.18. The van der Waals surface area contributed by atoms with Crippen molar-refractivity contribution in [3.63, 3.8) is 0 Å². The van der Waals surface area contributed by atoms with Crippen LogP contribution in [0.1, 0.15) is 19.4 Å². The summed E-state index contributed by atoms with van der Waals surface area (Å²) in [7, 11) is 0. The lowest BCUT2D eigenvalue weighted by atomic mass is 10.1.